The van der Waals surface area contributed by atoms with E-state index in [4.69, 9.17) is 5.73 Å². The minimum atomic E-state index is -0.345. The smallest absolute Gasteiger partial charge is 0.219 e. The number of halogens is 1. The maximum Gasteiger partial charge on any atom is 0.219 e. The summed E-state index contributed by atoms with van der Waals surface area (Å²) >= 11 is 0. The number of benzene rings is 1. The molecule has 1 aliphatic heterocycles. The second-order valence-corrected chi connectivity index (χ2v) is 4.95. The molecule has 2 rings (SSSR count). The van der Waals surface area contributed by atoms with Crippen molar-refractivity contribution in [1.82, 2.24) is 4.90 Å². The van der Waals surface area contributed by atoms with Gasteiger partial charge in [0.25, 0.3) is 0 Å². The Morgan fingerprint density at radius 1 is 1.32 bits per heavy atom. The molecule has 1 aromatic carbocycles. The molecule has 1 amide bonds. The number of hydrogen-bond acceptors (Lipinski definition) is 3. The van der Waals surface area contributed by atoms with Crippen LogP contribution in [-0.4, -0.2) is 37.0 Å². The van der Waals surface area contributed by atoms with E-state index in [1.807, 2.05) is 6.07 Å². The molecule has 1 saturated heterocycles. The Balaban J connectivity index is 2.20. The predicted molar refractivity (Wildman–Crippen MR) is 73.5 cm³/mol. The molecule has 1 fully saturated rings. The van der Waals surface area contributed by atoms with Crippen molar-refractivity contribution in [2.75, 3.05) is 31.1 Å². The monoisotopic (exact) mass is 265 g/mol. The number of hydrogen-bond donors (Lipinski definition) is 1. The van der Waals surface area contributed by atoms with Crippen molar-refractivity contribution < 1.29 is 9.18 Å². The topological polar surface area (TPSA) is 49.6 Å². The molecule has 5 heteroatoms. The zero-order valence-electron chi connectivity index (χ0n) is 11.4. The van der Waals surface area contributed by atoms with Crippen molar-refractivity contribution in [1.29, 1.82) is 0 Å². The van der Waals surface area contributed by atoms with Crippen LogP contribution in [0, 0.1) is 5.82 Å². The molecule has 0 radical (unpaired) electrons. The molecular weight excluding hydrogens is 245 g/mol. The summed E-state index contributed by atoms with van der Waals surface area (Å²) in [6.07, 6.45) is 0. The lowest BCUT2D eigenvalue weighted by Gasteiger charge is -2.37. The molecule has 19 heavy (non-hydrogen) atoms. The van der Waals surface area contributed by atoms with Crippen LogP contribution in [0.15, 0.2) is 18.2 Å². The van der Waals surface area contributed by atoms with Gasteiger partial charge in [0.2, 0.25) is 5.91 Å². The first kappa shape index (κ1) is 13.8. The van der Waals surface area contributed by atoms with E-state index in [1.165, 1.54) is 6.07 Å². The largest absolute Gasteiger partial charge is 0.368 e. The first-order valence-corrected chi connectivity index (χ1v) is 6.55. The lowest BCUT2D eigenvalue weighted by molar-refractivity contribution is -0.129. The number of nitrogens with zero attached hydrogens (tertiary/aromatic N) is 2. The Kier molecular flexibility index (Phi) is 4.04. The van der Waals surface area contributed by atoms with Gasteiger partial charge in [0.05, 0.1) is 0 Å². The standard InChI is InChI=1S/C14H20FN3O/c1-10(16)14-12(15)4-3-5-13(14)18-8-6-17(7-9-18)11(2)19/h3-5,10H,6-9,16H2,1-2H3. The maximum absolute atomic E-state index is 13.9. The summed E-state index contributed by atoms with van der Waals surface area (Å²) in [5, 5.41) is 0. The zero-order chi connectivity index (χ0) is 14.0. The van der Waals surface area contributed by atoms with Crippen LogP contribution >= 0.6 is 0 Å². The van der Waals surface area contributed by atoms with Gasteiger partial charge in [0, 0.05) is 50.4 Å². The van der Waals surface area contributed by atoms with Crippen molar-refractivity contribution in [2.24, 2.45) is 5.73 Å². The molecule has 0 aliphatic carbocycles. The number of carbonyl (C=O) groups excluding carboxylic acids is 1. The second-order valence-electron chi connectivity index (χ2n) is 4.95. The van der Waals surface area contributed by atoms with Gasteiger partial charge in [-0.1, -0.05) is 6.07 Å². The van der Waals surface area contributed by atoms with Gasteiger partial charge in [0.1, 0.15) is 5.82 Å². The molecule has 1 heterocycles. The lowest BCUT2D eigenvalue weighted by atomic mass is 10.0. The minimum Gasteiger partial charge on any atom is -0.368 e. The van der Waals surface area contributed by atoms with Crippen molar-refractivity contribution in [3.63, 3.8) is 0 Å². The van der Waals surface area contributed by atoms with Gasteiger partial charge in [-0.25, -0.2) is 4.39 Å². The third-order valence-corrected chi connectivity index (χ3v) is 3.55. The fraction of sp³-hybridized carbons (Fsp3) is 0.500. The molecule has 1 aliphatic rings. The van der Waals surface area contributed by atoms with Gasteiger partial charge >= 0.3 is 0 Å². The second kappa shape index (κ2) is 5.57. The SMILES string of the molecule is CC(=O)N1CCN(c2cccc(F)c2C(C)N)CC1. The molecule has 0 spiro atoms. The van der Waals surface area contributed by atoms with E-state index in [9.17, 15) is 9.18 Å². The molecule has 1 atom stereocenters. The molecular formula is C14H20FN3O. The van der Waals surface area contributed by atoms with E-state index >= 15 is 0 Å². The van der Waals surface area contributed by atoms with Crippen molar-refractivity contribution in [2.45, 2.75) is 19.9 Å². The number of piperazine rings is 1. The molecule has 1 unspecified atom stereocenters. The summed E-state index contributed by atoms with van der Waals surface area (Å²) in [4.78, 5) is 15.2. The van der Waals surface area contributed by atoms with E-state index < -0.39 is 0 Å². The Hall–Kier alpha value is -1.62. The van der Waals surface area contributed by atoms with E-state index in [0.717, 1.165) is 5.69 Å². The van der Waals surface area contributed by atoms with Crippen LogP contribution in [0.5, 0.6) is 0 Å². The molecule has 0 saturated carbocycles. The quantitative estimate of drug-likeness (QED) is 0.882. The fourth-order valence-electron chi connectivity index (χ4n) is 2.51. The first-order chi connectivity index (χ1) is 9.00. The summed E-state index contributed by atoms with van der Waals surface area (Å²) < 4.78 is 13.9. The highest BCUT2D eigenvalue weighted by molar-refractivity contribution is 5.73. The van der Waals surface area contributed by atoms with Gasteiger partial charge in [-0.15, -0.1) is 0 Å². The predicted octanol–water partition coefficient (Wildman–Crippen LogP) is 1.51. The molecule has 104 valence electrons. The third-order valence-electron chi connectivity index (χ3n) is 3.55. The highest BCUT2D eigenvalue weighted by atomic mass is 19.1. The van der Waals surface area contributed by atoms with Crippen LogP contribution in [-0.2, 0) is 4.79 Å². The van der Waals surface area contributed by atoms with Crippen LogP contribution in [0.2, 0.25) is 0 Å². The van der Waals surface area contributed by atoms with Gasteiger partial charge < -0.3 is 15.5 Å². The number of carbonyl (C=O) groups is 1. The van der Waals surface area contributed by atoms with E-state index in [2.05, 4.69) is 4.90 Å². The number of amides is 1. The zero-order valence-corrected chi connectivity index (χ0v) is 11.4. The van der Waals surface area contributed by atoms with E-state index in [-0.39, 0.29) is 17.8 Å². The van der Waals surface area contributed by atoms with Crippen LogP contribution in [0.1, 0.15) is 25.5 Å². The lowest BCUT2D eigenvalue weighted by Crippen LogP contribution is -2.48. The molecule has 2 N–H and O–H groups in total. The summed E-state index contributed by atoms with van der Waals surface area (Å²) in [6, 6.07) is 4.69. The van der Waals surface area contributed by atoms with Crippen LogP contribution in [0.4, 0.5) is 10.1 Å². The van der Waals surface area contributed by atoms with Gasteiger partial charge in [-0.3, -0.25) is 4.79 Å². The average Bonchev–Trinajstić information content (AvgIpc) is 2.38. The Labute approximate surface area is 113 Å². The van der Waals surface area contributed by atoms with Gasteiger partial charge in [-0.05, 0) is 19.1 Å². The van der Waals surface area contributed by atoms with Crippen LogP contribution < -0.4 is 10.6 Å². The Morgan fingerprint density at radius 2 is 1.95 bits per heavy atom. The van der Waals surface area contributed by atoms with Crippen molar-refractivity contribution in [3.05, 3.63) is 29.6 Å². The van der Waals surface area contributed by atoms with Gasteiger partial charge in [-0.2, -0.15) is 0 Å². The Morgan fingerprint density at radius 3 is 2.47 bits per heavy atom. The minimum absolute atomic E-state index is 0.0892. The summed E-state index contributed by atoms with van der Waals surface area (Å²) in [5.41, 5.74) is 7.27. The summed E-state index contributed by atoms with van der Waals surface area (Å²) in [6.45, 7) is 6.12. The molecule has 0 aromatic heterocycles. The first-order valence-electron chi connectivity index (χ1n) is 6.55. The molecule has 1 aromatic rings. The fourth-order valence-corrected chi connectivity index (χ4v) is 2.51. The molecule has 0 bridgehead atoms. The normalized spacial score (nSPS) is 17.5. The van der Waals surface area contributed by atoms with Crippen molar-refractivity contribution in [3.8, 4) is 0 Å². The van der Waals surface area contributed by atoms with Crippen LogP contribution in [0.25, 0.3) is 0 Å². The summed E-state index contributed by atoms with van der Waals surface area (Å²) in [5.74, 6) is -0.173. The number of nitrogens with two attached hydrogens (primary N) is 1. The van der Waals surface area contributed by atoms with Gasteiger partial charge in [0.15, 0.2) is 0 Å². The number of anilines is 1. The average molecular weight is 265 g/mol. The third kappa shape index (κ3) is 2.87. The van der Waals surface area contributed by atoms with E-state index in [1.54, 1.807) is 24.8 Å². The number of rotatable bonds is 2. The molecule has 4 nitrogen and oxygen atoms in total. The van der Waals surface area contributed by atoms with E-state index in [0.29, 0.717) is 31.7 Å². The Bertz CT molecular complexity index is 468. The van der Waals surface area contributed by atoms with Crippen LogP contribution in [0.3, 0.4) is 0 Å². The maximum atomic E-state index is 13.9. The van der Waals surface area contributed by atoms with Crippen molar-refractivity contribution >= 4 is 11.6 Å². The highest BCUT2D eigenvalue weighted by Gasteiger charge is 2.22. The highest BCUT2D eigenvalue weighted by Crippen LogP contribution is 2.28. The summed E-state index contributed by atoms with van der Waals surface area (Å²) in [7, 11) is 0.